The Morgan fingerprint density at radius 2 is 2.00 bits per heavy atom. The minimum atomic E-state index is -0.714. The van der Waals surface area contributed by atoms with Crippen LogP contribution in [0.5, 0.6) is 0 Å². The predicted molar refractivity (Wildman–Crippen MR) is 77.5 cm³/mol. The van der Waals surface area contributed by atoms with Gasteiger partial charge in [0.2, 0.25) is 5.56 Å². The van der Waals surface area contributed by atoms with Crippen molar-refractivity contribution in [3.63, 3.8) is 0 Å². The number of hydrogen-bond donors (Lipinski definition) is 4. The zero-order valence-corrected chi connectivity index (χ0v) is 12.0. The second kappa shape index (κ2) is 8.96. The molecule has 0 aromatic carbocycles. The second-order valence-corrected chi connectivity index (χ2v) is 4.91. The topological polar surface area (TPSA) is 131 Å². The quantitative estimate of drug-likeness (QED) is 0.545. The molecular weight excluding hydrogens is 292 g/mol. The Kier molecular flexibility index (Phi) is 7.27. The van der Waals surface area contributed by atoms with Gasteiger partial charge in [-0.3, -0.25) is 14.4 Å². The van der Waals surface area contributed by atoms with Crippen molar-refractivity contribution in [1.82, 2.24) is 9.88 Å². The average molecular weight is 312 g/mol. The highest BCUT2D eigenvalue weighted by Crippen LogP contribution is 2.21. The number of aromatic nitrogens is 1. The van der Waals surface area contributed by atoms with Crippen molar-refractivity contribution < 1.29 is 24.9 Å². The normalized spacial score (nSPS) is 16.4. The lowest BCUT2D eigenvalue weighted by Crippen LogP contribution is -2.42. The monoisotopic (exact) mass is 312 g/mol. The maximum absolute atomic E-state index is 12.1. The molecule has 0 bridgehead atoms. The van der Waals surface area contributed by atoms with Crippen molar-refractivity contribution in [3.8, 4) is 0 Å². The summed E-state index contributed by atoms with van der Waals surface area (Å²) >= 11 is 0. The third kappa shape index (κ3) is 4.97. The number of nitrogens with one attached hydrogen (secondary N) is 1. The van der Waals surface area contributed by atoms with Gasteiger partial charge in [-0.15, -0.1) is 0 Å². The van der Waals surface area contributed by atoms with Crippen LogP contribution in [-0.2, 0) is 4.79 Å². The van der Waals surface area contributed by atoms with Crippen LogP contribution in [0.3, 0.4) is 0 Å². The summed E-state index contributed by atoms with van der Waals surface area (Å²) in [5.74, 6) is -0.168. The van der Waals surface area contributed by atoms with E-state index in [0.717, 1.165) is 0 Å². The molecule has 1 aromatic heterocycles. The molecule has 8 nitrogen and oxygen atoms in total. The first-order valence-electron chi connectivity index (χ1n) is 6.88. The van der Waals surface area contributed by atoms with Crippen molar-refractivity contribution in [3.05, 3.63) is 34.2 Å². The van der Waals surface area contributed by atoms with E-state index in [-0.39, 0.29) is 36.2 Å². The van der Waals surface area contributed by atoms with Crippen molar-refractivity contribution in [1.29, 1.82) is 0 Å². The standard InChI is InChI=1S/C13H18N2O4.CH2O2/c16-8-11(17)9-4-6-15(7-5-9)13(19)10-2-1-3-12(18)14-10;2-1-3/h1-3,9,11,16-17H,4-8H2,(H,14,18);1H,(H,2,3). The lowest BCUT2D eigenvalue weighted by Gasteiger charge is -2.33. The highest BCUT2D eigenvalue weighted by molar-refractivity contribution is 5.92. The number of likely N-dealkylation sites (tertiary alicyclic amines) is 1. The summed E-state index contributed by atoms with van der Waals surface area (Å²) in [6.07, 6.45) is 0.600. The largest absolute Gasteiger partial charge is 0.483 e. The Morgan fingerprint density at radius 1 is 1.41 bits per heavy atom. The number of amides is 1. The van der Waals surface area contributed by atoms with Gasteiger partial charge in [0.05, 0.1) is 12.7 Å². The summed E-state index contributed by atoms with van der Waals surface area (Å²) < 4.78 is 0. The minimum absolute atomic E-state index is 0.0314. The first-order valence-corrected chi connectivity index (χ1v) is 6.88. The van der Waals surface area contributed by atoms with E-state index in [0.29, 0.717) is 25.9 Å². The summed E-state index contributed by atoms with van der Waals surface area (Å²) in [5.41, 5.74) is -0.00917. The number of rotatable bonds is 3. The Labute approximate surface area is 127 Å². The average Bonchev–Trinajstić information content (AvgIpc) is 2.54. The van der Waals surface area contributed by atoms with E-state index in [4.69, 9.17) is 15.0 Å². The van der Waals surface area contributed by atoms with E-state index in [1.54, 1.807) is 17.0 Å². The molecule has 22 heavy (non-hydrogen) atoms. The summed E-state index contributed by atoms with van der Waals surface area (Å²) in [7, 11) is 0. The van der Waals surface area contributed by atoms with Crippen LogP contribution < -0.4 is 5.56 Å². The number of hydrogen-bond acceptors (Lipinski definition) is 5. The zero-order chi connectivity index (χ0) is 16.5. The highest BCUT2D eigenvalue weighted by Gasteiger charge is 2.27. The molecule has 1 aliphatic heterocycles. The van der Waals surface area contributed by atoms with Gasteiger partial charge in [0.1, 0.15) is 5.69 Å². The zero-order valence-electron chi connectivity index (χ0n) is 12.0. The number of aromatic amines is 1. The molecule has 0 aliphatic carbocycles. The molecule has 1 amide bonds. The number of H-pyrrole nitrogens is 1. The van der Waals surface area contributed by atoms with E-state index >= 15 is 0 Å². The summed E-state index contributed by atoms with van der Waals surface area (Å²) in [6.45, 7) is 0.555. The molecule has 2 heterocycles. The van der Waals surface area contributed by atoms with Gasteiger partial charge in [0.15, 0.2) is 0 Å². The van der Waals surface area contributed by atoms with Crippen LogP contribution in [0.15, 0.2) is 23.0 Å². The molecular formula is C14H20N2O6. The SMILES string of the molecule is O=C(c1cccc(=O)[nH]1)N1CCC(C(O)CO)CC1.O=CO. The highest BCUT2D eigenvalue weighted by atomic mass is 16.3. The Balaban J connectivity index is 0.000000745. The molecule has 122 valence electrons. The second-order valence-electron chi connectivity index (χ2n) is 4.91. The van der Waals surface area contributed by atoms with Crippen molar-refractivity contribution in [2.75, 3.05) is 19.7 Å². The van der Waals surface area contributed by atoms with Gasteiger partial charge >= 0.3 is 0 Å². The number of carboxylic acid groups (broad SMARTS) is 1. The first kappa shape index (κ1) is 17.9. The number of piperidine rings is 1. The third-order valence-corrected chi connectivity index (χ3v) is 3.56. The molecule has 2 rings (SSSR count). The van der Waals surface area contributed by atoms with Crippen LogP contribution in [-0.4, -0.2) is 63.4 Å². The Bertz CT molecular complexity index is 536. The van der Waals surface area contributed by atoms with Crippen LogP contribution in [0, 0.1) is 5.92 Å². The number of pyridine rings is 1. The van der Waals surface area contributed by atoms with Gasteiger partial charge in [-0.05, 0) is 24.8 Å². The van der Waals surface area contributed by atoms with E-state index < -0.39 is 6.10 Å². The van der Waals surface area contributed by atoms with E-state index in [1.165, 1.54) is 6.07 Å². The predicted octanol–water partition coefficient (Wildman–Crippen LogP) is -0.719. The van der Waals surface area contributed by atoms with Crippen LogP contribution >= 0.6 is 0 Å². The number of aliphatic hydroxyl groups excluding tert-OH is 2. The molecule has 8 heteroatoms. The summed E-state index contributed by atoms with van der Waals surface area (Å²) in [5, 5.41) is 25.3. The maximum Gasteiger partial charge on any atom is 0.290 e. The Morgan fingerprint density at radius 3 is 2.50 bits per heavy atom. The molecule has 0 saturated carbocycles. The molecule has 1 unspecified atom stereocenters. The number of aliphatic hydroxyl groups is 2. The van der Waals surface area contributed by atoms with E-state index in [9.17, 15) is 14.7 Å². The van der Waals surface area contributed by atoms with Gasteiger partial charge in [-0.2, -0.15) is 0 Å². The molecule has 0 spiro atoms. The molecule has 1 saturated heterocycles. The molecule has 1 aliphatic rings. The summed E-state index contributed by atoms with van der Waals surface area (Å²) in [4.78, 5) is 35.8. The first-order chi connectivity index (χ1) is 10.5. The maximum atomic E-state index is 12.1. The van der Waals surface area contributed by atoms with Gasteiger partial charge in [0, 0.05) is 19.2 Å². The van der Waals surface area contributed by atoms with Gasteiger partial charge in [0.25, 0.3) is 12.4 Å². The van der Waals surface area contributed by atoms with Crippen molar-refractivity contribution in [2.24, 2.45) is 5.92 Å². The van der Waals surface area contributed by atoms with Crippen molar-refractivity contribution in [2.45, 2.75) is 18.9 Å². The smallest absolute Gasteiger partial charge is 0.290 e. The lowest BCUT2D eigenvalue weighted by molar-refractivity contribution is -0.122. The number of carbonyl (C=O) groups excluding carboxylic acids is 1. The number of carbonyl (C=O) groups is 2. The molecule has 0 radical (unpaired) electrons. The van der Waals surface area contributed by atoms with Gasteiger partial charge in [-0.1, -0.05) is 6.07 Å². The molecule has 1 atom stereocenters. The van der Waals surface area contributed by atoms with Crippen LogP contribution in [0.4, 0.5) is 0 Å². The fourth-order valence-corrected chi connectivity index (χ4v) is 2.38. The molecule has 4 N–H and O–H groups in total. The van der Waals surface area contributed by atoms with E-state index in [2.05, 4.69) is 4.98 Å². The van der Waals surface area contributed by atoms with Crippen LogP contribution in [0.2, 0.25) is 0 Å². The van der Waals surface area contributed by atoms with Gasteiger partial charge < -0.3 is 25.2 Å². The molecule has 1 fully saturated rings. The lowest BCUT2D eigenvalue weighted by atomic mass is 9.91. The third-order valence-electron chi connectivity index (χ3n) is 3.56. The van der Waals surface area contributed by atoms with Crippen molar-refractivity contribution >= 4 is 12.4 Å². The Hall–Kier alpha value is -2.19. The fourth-order valence-electron chi connectivity index (χ4n) is 2.38. The van der Waals surface area contributed by atoms with Crippen LogP contribution in [0.25, 0.3) is 0 Å². The number of nitrogens with zero attached hydrogens (tertiary/aromatic N) is 1. The summed E-state index contributed by atoms with van der Waals surface area (Å²) in [6, 6.07) is 4.49. The van der Waals surface area contributed by atoms with Crippen LogP contribution in [0.1, 0.15) is 23.3 Å². The fraction of sp³-hybridized carbons (Fsp3) is 0.500. The molecule has 1 aromatic rings. The van der Waals surface area contributed by atoms with E-state index in [1.807, 2.05) is 0 Å². The van der Waals surface area contributed by atoms with Gasteiger partial charge in [-0.25, -0.2) is 0 Å². The minimum Gasteiger partial charge on any atom is -0.483 e.